The van der Waals surface area contributed by atoms with E-state index in [9.17, 15) is 4.79 Å². The molecule has 1 fully saturated rings. The van der Waals surface area contributed by atoms with Crippen molar-refractivity contribution in [1.82, 2.24) is 4.90 Å². The van der Waals surface area contributed by atoms with E-state index < -0.39 is 0 Å². The zero-order valence-electron chi connectivity index (χ0n) is 11.6. The third-order valence-corrected chi connectivity index (χ3v) is 4.48. The molecule has 1 heterocycles. The lowest BCUT2D eigenvalue weighted by Crippen LogP contribution is -2.38. The van der Waals surface area contributed by atoms with E-state index in [1.54, 1.807) is 0 Å². The summed E-state index contributed by atoms with van der Waals surface area (Å²) in [7, 11) is 0. The van der Waals surface area contributed by atoms with Gasteiger partial charge < -0.3 is 4.90 Å². The van der Waals surface area contributed by atoms with Gasteiger partial charge in [0, 0.05) is 22.5 Å². The lowest BCUT2D eigenvalue weighted by atomic mass is 10.0. The summed E-state index contributed by atoms with van der Waals surface area (Å²) >= 11 is 3.39. The van der Waals surface area contributed by atoms with Gasteiger partial charge in [-0.2, -0.15) is 0 Å². The van der Waals surface area contributed by atoms with E-state index in [-0.39, 0.29) is 5.78 Å². The molecule has 2 nitrogen and oxygen atoms in total. The number of ketones is 1. The van der Waals surface area contributed by atoms with Crippen LogP contribution in [0.2, 0.25) is 0 Å². The van der Waals surface area contributed by atoms with Gasteiger partial charge >= 0.3 is 0 Å². The first kappa shape index (κ1) is 14.7. The number of Topliss-reactive ketones (excluding diaryl/α,β-unsaturated/α-hetero) is 1. The number of benzene rings is 1. The minimum atomic E-state index is 0.261. The maximum absolute atomic E-state index is 12.0. The molecule has 1 saturated heterocycles. The van der Waals surface area contributed by atoms with Crippen molar-refractivity contribution < 1.29 is 4.79 Å². The van der Waals surface area contributed by atoms with E-state index >= 15 is 0 Å². The van der Waals surface area contributed by atoms with Crippen molar-refractivity contribution >= 4 is 21.7 Å². The fraction of sp³-hybridized carbons (Fsp3) is 0.562. The van der Waals surface area contributed by atoms with Crippen molar-refractivity contribution in [2.45, 2.75) is 45.1 Å². The van der Waals surface area contributed by atoms with Gasteiger partial charge in [-0.3, -0.25) is 4.79 Å². The minimum absolute atomic E-state index is 0.261. The smallest absolute Gasteiger partial charge is 0.162 e. The van der Waals surface area contributed by atoms with Crippen LogP contribution in [-0.4, -0.2) is 29.8 Å². The van der Waals surface area contributed by atoms with Gasteiger partial charge in [0.05, 0.1) is 0 Å². The fourth-order valence-electron chi connectivity index (χ4n) is 2.71. The van der Waals surface area contributed by atoms with Gasteiger partial charge in [-0.1, -0.05) is 34.5 Å². The Morgan fingerprint density at radius 1 is 1.32 bits per heavy atom. The average Bonchev–Trinajstić information content (AvgIpc) is 2.41. The molecule has 1 unspecified atom stereocenters. The van der Waals surface area contributed by atoms with E-state index in [1.165, 1.54) is 25.8 Å². The van der Waals surface area contributed by atoms with Crippen LogP contribution in [0.1, 0.15) is 49.4 Å². The zero-order valence-corrected chi connectivity index (χ0v) is 13.2. The molecule has 1 aliphatic rings. The standard InChI is InChI=1S/C16H22BrNO/c1-13-5-2-3-11-18(13)12-4-6-16(19)14-7-9-15(17)10-8-14/h7-10,13H,2-6,11-12H2,1H3. The summed E-state index contributed by atoms with van der Waals surface area (Å²) < 4.78 is 1.02. The second kappa shape index (κ2) is 7.20. The van der Waals surface area contributed by atoms with E-state index in [0.29, 0.717) is 12.5 Å². The van der Waals surface area contributed by atoms with Crippen LogP contribution >= 0.6 is 15.9 Å². The van der Waals surface area contributed by atoms with Crippen molar-refractivity contribution in [3.8, 4) is 0 Å². The molecule has 0 aromatic heterocycles. The highest BCUT2D eigenvalue weighted by molar-refractivity contribution is 9.10. The molecule has 0 bridgehead atoms. The van der Waals surface area contributed by atoms with Crippen LogP contribution in [0.5, 0.6) is 0 Å². The summed E-state index contributed by atoms with van der Waals surface area (Å²) in [5.74, 6) is 0.261. The van der Waals surface area contributed by atoms with Gasteiger partial charge in [0.15, 0.2) is 5.78 Å². The molecule has 0 spiro atoms. The van der Waals surface area contributed by atoms with Gasteiger partial charge in [0.2, 0.25) is 0 Å². The highest BCUT2D eigenvalue weighted by Crippen LogP contribution is 2.17. The number of carbonyl (C=O) groups excluding carboxylic acids is 1. The SMILES string of the molecule is CC1CCCCN1CCCC(=O)c1ccc(Br)cc1. The number of likely N-dealkylation sites (tertiary alicyclic amines) is 1. The van der Waals surface area contributed by atoms with Crippen molar-refractivity contribution in [2.75, 3.05) is 13.1 Å². The highest BCUT2D eigenvalue weighted by atomic mass is 79.9. The van der Waals surface area contributed by atoms with Crippen molar-refractivity contribution in [2.24, 2.45) is 0 Å². The maximum Gasteiger partial charge on any atom is 0.162 e. The third kappa shape index (κ3) is 4.43. The van der Waals surface area contributed by atoms with Crippen LogP contribution in [0, 0.1) is 0 Å². The van der Waals surface area contributed by atoms with Crippen LogP contribution < -0.4 is 0 Å². The molecule has 0 saturated carbocycles. The third-order valence-electron chi connectivity index (χ3n) is 3.96. The second-order valence-corrected chi connectivity index (χ2v) is 6.33. The van der Waals surface area contributed by atoms with E-state index in [1.807, 2.05) is 24.3 Å². The molecule has 3 heteroatoms. The summed E-state index contributed by atoms with van der Waals surface area (Å²) in [6.45, 7) is 4.56. The number of hydrogen-bond donors (Lipinski definition) is 0. The Balaban J connectivity index is 1.76. The number of hydrogen-bond acceptors (Lipinski definition) is 2. The van der Waals surface area contributed by atoms with E-state index in [2.05, 4.69) is 27.8 Å². The molecular weight excluding hydrogens is 302 g/mol. The van der Waals surface area contributed by atoms with Crippen LogP contribution in [0.4, 0.5) is 0 Å². The Morgan fingerprint density at radius 2 is 2.05 bits per heavy atom. The summed E-state index contributed by atoms with van der Waals surface area (Å²) in [6, 6.07) is 8.35. The number of rotatable bonds is 5. The summed E-state index contributed by atoms with van der Waals surface area (Å²) in [4.78, 5) is 14.6. The van der Waals surface area contributed by atoms with Crippen molar-refractivity contribution in [3.63, 3.8) is 0 Å². The van der Waals surface area contributed by atoms with Crippen LogP contribution in [0.15, 0.2) is 28.7 Å². The summed E-state index contributed by atoms with van der Waals surface area (Å²) in [5.41, 5.74) is 0.829. The Labute approximate surface area is 124 Å². The van der Waals surface area contributed by atoms with Crippen LogP contribution in [0.25, 0.3) is 0 Å². The van der Waals surface area contributed by atoms with Gasteiger partial charge in [0.25, 0.3) is 0 Å². The zero-order chi connectivity index (χ0) is 13.7. The molecule has 1 atom stereocenters. The normalized spacial score (nSPS) is 20.4. The van der Waals surface area contributed by atoms with Gasteiger partial charge in [0.1, 0.15) is 0 Å². The first-order valence-corrected chi connectivity index (χ1v) is 7.99. The molecule has 104 valence electrons. The van der Waals surface area contributed by atoms with Crippen LogP contribution in [-0.2, 0) is 0 Å². The largest absolute Gasteiger partial charge is 0.301 e. The minimum Gasteiger partial charge on any atom is -0.301 e. The van der Waals surface area contributed by atoms with Crippen LogP contribution in [0.3, 0.4) is 0 Å². The summed E-state index contributed by atoms with van der Waals surface area (Å²) in [6.07, 6.45) is 5.60. The molecule has 1 aromatic carbocycles. The molecule has 0 amide bonds. The molecule has 19 heavy (non-hydrogen) atoms. The van der Waals surface area contributed by atoms with Gasteiger partial charge in [-0.05, 0) is 51.4 Å². The lowest BCUT2D eigenvalue weighted by Gasteiger charge is -2.33. The molecule has 0 radical (unpaired) electrons. The highest BCUT2D eigenvalue weighted by Gasteiger charge is 2.17. The topological polar surface area (TPSA) is 20.3 Å². The lowest BCUT2D eigenvalue weighted by molar-refractivity contribution is 0.0964. The molecule has 1 aliphatic heterocycles. The number of piperidine rings is 1. The first-order valence-electron chi connectivity index (χ1n) is 7.19. The Kier molecular flexibility index (Phi) is 5.59. The van der Waals surface area contributed by atoms with Crippen molar-refractivity contribution in [3.05, 3.63) is 34.3 Å². The Hall–Kier alpha value is -0.670. The van der Waals surface area contributed by atoms with E-state index in [0.717, 1.165) is 23.0 Å². The number of nitrogens with zero attached hydrogens (tertiary/aromatic N) is 1. The Morgan fingerprint density at radius 3 is 2.74 bits per heavy atom. The molecule has 0 aliphatic carbocycles. The molecular formula is C16H22BrNO. The molecule has 0 N–H and O–H groups in total. The monoisotopic (exact) mass is 323 g/mol. The number of carbonyl (C=O) groups is 1. The predicted molar refractivity (Wildman–Crippen MR) is 82.6 cm³/mol. The fourth-order valence-corrected chi connectivity index (χ4v) is 2.98. The average molecular weight is 324 g/mol. The summed E-state index contributed by atoms with van der Waals surface area (Å²) in [5, 5.41) is 0. The van der Waals surface area contributed by atoms with Gasteiger partial charge in [-0.15, -0.1) is 0 Å². The Bertz CT molecular complexity index is 415. The molecule has 2 rings (SSSR count). The second-order valence-electron chi connectivity index (χ2n) is 5.41. The quantitative estimate of drug-likeness (QED) is 0.753. The van der Waals surface area contributed by atoms with Gasteiger partial charge in [-0.25, -0.2) is 0 Å². The predicted octanol–water partition coefficient (Wildman–Crippen LogP) is 4.29. The molecule has 1 aromatic rings. The first-order chi connectivity index (χ1) is 9.16. The maximum atomic E-state index is 12.0. The van der Waals surface area contributed by atoms with E-state index in [4.69, 9.17) is 0 Å². The number of halogens is 1. The van der Waals surface area contributed by atoms with Crippen molar-refractivity contribution in [1.29, 1.82) is 0 Å².